The van der Waals surface area contributed by atoms with E-state index in [1.165, 1.54) is 96.3 Å². The maximum Gasteiger partial charge on any atom is 0.472 e. The number of aliphatic hydroxyl groups excluding tert-OH is 2. The number of rotatable bonds is 45. The zero-order chi connectivity index (χ0) is 48.8. The van der Waals surface area contributed by atoms with Gasteiger partial charge in [-0.2, -0.15) is 0 Å². The molecule has 0 saturated heterocycles. The molecule has 0 spiro atoms. The number of phosphoric acid groups is 1. The van der Waals surface area contributed by atoms with E-state index in [0.29, 0.717) is 43.1 Å². The van der Waals surface area contributed by atoms with Crippen molar-refractivity contribution in [3.8, 4) is 0 Å². The molecule has 0 saturated carbocycles. The first-order valence-corrected chi connectivity index (χ1v) is 27.0. The number of quaternary nitrogens is 1. The summed E-state index contributed by atoms with van der Waals surface area (Å²) >= 11 is 0. The van der Waals surface area contributed by atoms with Crippen LogP contribution in [-0.4, -0.2) is 97.3 Å². The summed E-state index contributed by atoms with van der Waals surface area (Å²) in [6, 6.07) is 0. The van der Waals surface area contributed by atoms with E-state index in [-0.39, 0.29) is 26.1 Å². The molecule has 0 rings (SSSR count). The van der Waals surface area contributed by atoms with E-state index < -0.39 is 44.7 Å². The van der Waals surface area contributed by atoms with Crippen LogP contribution in [0.25, 0.3) is 0 Å². The Morgan fingerprint density at radius 1 is 0.576 bits per heavy atom. The van der Waals surface area contributed by atoms with Gasteiger partial charge in [-0.25, -0.2) is 4.57 Å². The van der Waals surface area contributed by atoms with Crippen molar-refractivity contribution < 1.29 is 52.3 Å². The molecule has 0 aliphatic heterocycles. The minimum atomic E-state index is -4.43. The Morgan fingerprint density at radius 3 is 1.71 bits per heavy atom. The number of ether oxygens (including phenoxy) is 2. The van der Waals surface area contributed by atoms with Crippen LogP contribution in [0.15, 0.2) is 85.1 Å². The van der Waals surface area contributed by atoms with Crippen molar-refractivity contribution in [1.29, 1.82) is 0 Å². The molecule has 0 radical (unpaired) electrons. The van der Waals surface area contributed by atoms with E-state index in [1.54, 1.807) is 30.4 Å². The topological polar surface area (TPSA) is 149 Å². The minimum absolute atomic E-state index is 0.00530. The molecule has 11 nitrogen and oxygen atoms in total. The third kappa shape index (κ3) is 47.6. The van der Waals surface area contributed by atoms with Gasteiger partial charge >= 0.3 is 19.8 Å². The number of phosphoric ester groups is 1. The highest BCUT2D eigenvalue weighted by atomic mass is 31.2. The summed E-state index contributed by atoms with van der Waals surface area (Å²) < 4.78 is 34.3. The lowest BCUT2D eigenvalue weighted by Gasteiger charge is -2.24. The second kappa shape index (κ2) is 44.6. The molecule has 12 heteroatoms. The molecule has 66 heavy (non-hydrogen) atoms. The van der Waals surface area contributed by atoms with Crippen LogP contribution in [0.2, 0.25) is 0 Å². The zero-order valence-electron chi connectivity index (χ0n) is 42.1. The molecule has 1 unspecified atom stereocenters. The van der Waals surface area contributed by atoms with E-state index in [1.807, 2.05) is 63.7 Å². The van der Waals surface area contributed by atoms with Crippen molar-refractivity contribution in [2.45, 2.75) is 199 Å². The first-order chi connectivity index (χ1) is 31.8. The third-order valence-electron chi connectivity index (χ3n) is 10.6. The number of nitrogens with zero attached hydrogens (tertiary/aromatic N) is 1. The molecule has 0 amide bonds. The molecule has 4 atom stereocenters. The van der Waals surface area contributed by atoms with E-state index in [2.05, 4.69) is 26.0 Å². The Balaban J connectivity index is 4.48. The average Bonchev–Trinajstić information content (AvgIpc) is 3.26. The van der Waals surface area contributed by atoms with Crippen molar-refractivity contribution in [2.75, 3.05) is 47.5 Å². The standard InChI is InChI=1S/C54H94NO10P/c1-6-8-10-11-12-13-14-15-16-17-18-19-20-21-22-23-24-25-29-32-38-45-54(59)65-52(49-64-66(60,61)63-47-46-55(3,4)5)48-62-53(58)44-39-33-37-43-51(57)42-36-31-28-26-27-30-35-41-50(56)40-34-9-7-2/h9,15-16,27-28,30-31,34-37,41-43,50-52,56-57H,6-8,10-14,17-26,29,32-33,38-40,44-49H2,1-5H3/p+1/b16-15-,30-27-,31-28-,34-9-,41-35+,42-36+,43-37-/t50-,51-,52-/m1/s1. The number of hydrogen-bond donors (Lipinski definition) is 3. The Kier molecular flexibility index (Phi) is 42.7. The molecule has 3 N–H and O–H groups in total. The van der Waals surface area contributed by atoms with Crippen LogP contribution in [0.1, 0.15) is 181 Å². The summed E-state index contributed by atoms with van der Waals surface area (Å²) in [4.78, 5) is 35.5. The van der Waals surface area contributed by atoms with Gasteiger partial charge in [0, 0.05) is 12.8 Å². The molecule has 0 aromatic carbocycles. The van der Waals surface area contributed by atoms with E-state index >= 15 is 0 Å². The number of unbranched alkanes of at least 4 members (excludes halogenated alkanes) is 18. The number of carbonyl (C=O) groups excluding carboxylic acids is 2. The summed E-state index contributed by atoms with van der Waals surface area (Å²) in [6.45, 7) is 4.01. The number of carbonyl (C=O) groups is 2. The summed E-state index contributed by atoms with van der Waals surface area (Å²) in [5, 5.41) is 20.1. The summed E-state index contributed by atoms with van der Waals surface area (Å²) in [7, 11) is 1.35. The van der Waals surface area contributed by atoms with Gasteiger partial charge in [-0.15, -0.1) is 0 Å². The molecule has 0 aromatic heterocycles. The molecule has 0 aliphatic rings. The van der Waals surface area contributed by atoms with Gasteiger partial charge in [0.05, 0.1) is 40.0 Å². The predicted octanol–water partition coefficient (Wildman–Crippen LogP) is 13.1. The normalized spacial score (nSPS) is 15.1. The van der Waals surface area contributed by atoms with Crippen LogP contribution in [0.5, 0.6) is 0 Å². The highest BCUT2D eigenvalue weighted by molar-refractivity contribution is 7.47. The van der Waals surface area contributed by atoms with Gasteiger partial charge in [-0.1, -0.05) is 189 Å². The van der Waals surface area contributed by atoms with E-state index in [9.17, 15) is 29.3 Å². The van der Waals surface area contributed by atoms with Crippen LogP contribution >= 0.6 is 7.82 Å². The molecule has 0 fully saturated rings. The first-order valence-electron chi connectivity index (χ1n) is 25.5. The molecule has 380 valence electrons. The van der Waals surface area contributed by atoms with Crippen molar-refractivity contribution in [3.63, 3.8) is 0 Å². The Hall–Kier alpha value is -2.89. The number of allylic oxidation sites excluding steroid dienone is 10. The fourth-order valence-electron chi connectivity index (χ4n) is 6.57. The lowest BCUT2D eigenvalue weighted by molar-refractivity contribution is -0.870. The average molecular weight is 949 g/mol. The second-order valence-corrected chi connectivity index (χ2v) is 19.7. The molecule has 0 aliphatic carbocycles. The van der Waals surface area contributed by atoms with Gasteiger partial charge < -0.3 is 29.1 Å². The Bertz CT molecular complexity index is 1430. The van der Waals surface area contributed by atoms with Crippen molar-refractivity contribution in [3.05, 3.63) is 85.1 Å². The molecule has 0 aromatic rings. The van der Waals surface area contributed by atoms with E-state index in [4.69, 9.17) is 18.5 Å². The number of esters is 2. The lowest BCUT2D eigenvalue weighted by atomic mass is 10.0. The zero-order valence-corrected chi connectivity index (χ0v) is 43.0. The smallest absolute Gasteiger partial charge is 0.462 e. The van der Waals surface area contributed by atoms with Crippen LogP contribution in [-0.2, 0) is 32.7 Å². The number of hydrogen-bond acceptors (Lipinski definition) is 9. The maximum absolute atomic E-state index is 12.8. The van der Waals surface area contributed by atoms with Gasteiger partial charge in [-0.05, 0) is 64.2 Å². The van der Waals surface area contributed by atoms with Gasteiger partial charge in [0.1, 0.15) is 19.8 Å². The summed E-state index contributed by atoms with van der Waals surface area (Å²) in [5.74, 6) is -0.985. The minimum Gasteiger partial charge on any atom is -0.462 e. The van der Waals surface area contributed by atoms with Crippen LogP contribution in [0.3, 0.4) is 0 Å². The predicted molar refractivity (Wildman–Crippen MR) is 273 cm³/mol. The van der Waals surface area contributed by atoms with Crippen LogP contribution in [0.4, 0.5) is 0 Å². The molecular weight excluding hydrogens is 854 g/mol. The van der Waals surface area contributed by atoms with Crippen molar-refractivity contribution in [2.24, 2.45) is 0 Å². The summed E-state index contributed by atoms with van der Waals surface area (Å²) in [5.41, 5.74) is 0. The quantitative estimate of drug-likeness (QED) is 0.0134. The molecular formula is C54H95NO10P+. The fourth-order valence-corrected chi connectivity index (χ4v) is 7.31. The Morgan fingerprint density at radius 2 is 1.12 bits per heavy atom. The van der Waals surface area contributed by atoms with Crippen molar-refractivity contribution in [1.82, 2.24) is 0 Å². The highest BCUT2D eigenvalue weighted by Crippen LogP contribution is 2.43. The van der Waals surface area contributed by atoms with Gasteiger partial charge in [0.2, 0.25) is 0 Å². The molecule has 0 heterocycles. The highest BCUT2D eigenvalue weighted by Gasteiger charge is 2.27. The fraction of sp³-hybridized carbons (Fsp3) is 0.704. The number of aliphatic hydroxyl groups is 2. The first kappa shape index (κ1) is 63.1. The Labute approximate surface area is 402 Å². The maximum atomic E-state index is 12.8. The molecule has 0 bridgehead atoms. The van der Waals surface area contributed by atoms with E-state index in [0.717, 1.165) is 25.7 Å². The van der Waals surface area contributed by atoms with Gasteiger partial charge in [-0.3, -0.25) is 18.6 Å². The SMILES string of the molecule is CC/C=C\C[C@@H](O)/C=C/C=C\C/C=C\C=C\[C@@H](O)/C=C\CCCC(=O)OC[C@H](COP(=O)(O)OCC[N+](C)(C)C)OC(=O)CCCCCCCCCCCCC/C=C\CCCCCCCC. The van der Waals surface area contributed by atoms with Crippen molar-refractivity contribution >= 4 is 19.8 Å². The summed E-state index contributed by atoms with van der Waals surface area (Å²) in [6.07, 6.45) is 51.4. The van der Waals surface area contributed by atoms with Gasteiger partial charge in [0.25, 0.3) is 0 Å². The monoisotopic (exact) mass is 949 g/mol. The van der Waals surface area contributed by atoms with Crippen LogP contribution < -0.4 is 0 Å². The van der Waals surface area contributed by atoms with Gasteiger partial charge in [0.15, 0.2) is 6.10 Å². The largest absolute Gasteiger partial charge is 0.472 e. The third-order valence-corrected chi connectivity index (χ3v) is 11.6. The van der Waals surface area contributed by atoms with Crippen LogP contribution in [0, 0.1) is 0 Å². The lowest BCUT2D eigenvalue weighted by Crippen LogP contribution is -2.37. The number of likely N-dealkylation sites (N-methyl/N-ethyl adjacent to an activating group) is 1. The second-order valence-electron chi connectivity index (χ2n) is 18.2.